The number of hydrogen-bond acceptors (Lipinski definition) is 5. The molecule has 1 heterocycles. The third-order valence-corrected chi connectivity index (χ3v) is 2.30. The number of hydrogen-bond donors (Lipinski definition) is 2. The van der Waals surface area contributed by atoms with Crippen molar-refractivity contribution in [1.82, 2.24) is 25.9 Å². The Bertz CT molecular complexity index is 443. The number of nitrogens with one attached hydrogen (secondary N) is 2. The number of aromatic amines is 1. The van der Waals surface area contributed by atoms with Crippen molar-refractivity contribution in [2.75, 3.05) is 7.11 Å². The molecular formula is C11H15N5O. The second-order valence-electron chi connectivity index (χ2n) is 3.68. The predicted octanol–water partition coefficient (Wildman–Crippen LogP) is 0.636. The van der Waals surface area contributed by atoms with Crippen molar-refractivity contribution in [3.05, 3.63) is 41.2 Å². The molecule has 0 aliphatic rings. The quantitative estimate of drug-likeness (QED) is 0.765. The first kappa shape index (κ1) is 11.7. The van der Waals surface area contributed by atoms with E-state index < -0.39 is 0 Å². The molecule has 1 aromatic carbocycles. The molecule has 0 fully saturated rings. The van der Waals surface area contributed by atoms with E-state index in [0.717, 1.165) is 6.54 Å². The molecule has 0 unspecified atom stereocenters. The average molecular weight is 233 g/mol. The molecule has 6 nitrogen and oxygen atoms in total. The normalized spacial score (nSPS) is 10.6. The number of aromatic nitrogens is 4. The zero-order valence-electron chi connectivity index (χ0n) is 9.68. The number of methoxy groups -OCH3 is 1. The van der Waals surface area contributed by atoms with Crippen LogP contribution in [0.15, 0.2) is 24.3 Å². The Morgan fingerprint density at radius 3 is 2.94 bits per heavy atom. The monoisotopic (exact) mass is 233 g/mol. The van der Waals surface area contributed by atoms with Crippen LogP contribution in [0, 0.1) is 0 Å². The Kier molecular flexibility index (Phi) is 4.17. The first-order chi connectivity index (χ1) is 8.38. The molecule has 2 rings (SSSR count). The minimum atomic E-state index is 0.602. The van der Waals surface area contributed by atoms with Crippen LogP contribution < -0.4 is 5.32 Å². The first-order valence-electron chi connectivity index (χ1n) is 5.38. The molecule has 0 amide bonds. The third-order valence-electron chi connectivity index (χ3n) is 2.30. The van der Waals surface area contributed by atoms with Gasteiger partial charge in [0.1, 0.15) is 0 Å². The van der Waals surface area contributed by atoms with E-state index in [0.29, 0.717) is 19.0 Å². The SMILES string of the molecule is COCc1cccc(CNCc2nn[nH]n2)c1. The molecule has 0 aliphatic carbocycles. The highest BCUT2D eigenvalue weighted by Crippen LogP contribution is 2.06. The number of ether oxygens (including phenoxy) is 1. The number of nitrogens with zero attached hydrogens (tertiary/aromatic N) is 3. The molecule has 6 heteroatoms. The Morgan fingerprint density at radius 2 is 2.18 bits per heavy atom. The van der Waals surface area contributed by atoms with E-state index in [1.54, 1.807) is 7.11 Å². The summed E-state index contributed by atoms with van der Waals surface area (Å²) < 4.78 is 5.09. The molecular weight excluding hydrogens is 218 g/mol. The maximum Gasteiger partial charge on any atom is 0.188 e. The molecule has 0 atom stereocenters. The summed E-state index contributed by atoms with van der Waals surface area (Å²) in [4.78, 5) is 0. The van der Waals surface area contributed by atoms with Crippen molar-refractivity contribution in [2.24, 2.45) is 0 Å². The fourth-order valence-electron chi connectivity index (χ4n) is 1.57. The third kappa shape index (κ3) is 3.61. The van der Waals surface area contributed by atoms with Crippen molar-refractivity contribution < 1.29 is 4.74 Å². The van der Waals surface area contributed by atoms with Gasteiger partial charge in [0.15, 0.2) is 5.82 Å². The van der Waals surface area contributed by atoms with Crippen LogP contribution in [-0.4, -0.2) is 27.7 Å². The summed E-state index contributed by atoms with van der Waals surface area (Å²) in [6.45, 7) is 2.01. The largest absolute Gasteiger partial charge is 0.380 e. The van der Waals surface area contributed by atoms with Gasteiger partial charge < -0.3 is 10.1 Å². The maximum atomic E-state index is 5.09. The van der Waals surface area contributed by atoms with Gasteiger partial charge in [0, 0.05) is 13.7 Å². The molecule has 1 aromatic heterocycles. The van der Waals surface area contributed by atoms with E-state index in [1.807, 2.05) is 12.1 Å². The van der Waals surface area contributed by atoms with Crippen molar-refractivity contribution >= 4 is 0 Å². The van der Waals surface area contributed by atoms with Gasteiger partial charge in [-0.1, -0.05) is 29.5 Å². The summed E-state index contributed by atoms with van der Waals surface area (Å²) in [5.41, 5.74) is 2.38. The van der Waals surface area contributed by atoms with Crippen molar-refractivity contribution in [3.8, 4) is 0 Å². The van der Waals surface area contributed by atoms with Crippen molar-refractivity contribution in [3.63, 3.8) is 0 Å². The second-order valence-corrected chi connectivity index (χ2v) is 3.68. The Labute approximate surface area is 99.4 Å². The zero-order chi connectivity index (χ0) is 11.9. The van der Waals surface area contributed by atoms with E-state index in [-0.39, 0.29) is 0 Å². The molecule has 0 bridgehead atoms. The molecule has 0 saturated heterocycles. The van der Waals surface area contributed by atoms with Crippen LogP contribution in [0.2, 0.25) is 0 Å². The molecule has 0 saturated carbocycles. The fourth-order valence-corrected chi connectivity index (χ4v) is 1.57. The maximum absolute atomic E-state index is 5.09. The number of rotatable bonds is 6. The second kappa shape index (κ2) is 6.07. The topological polar surface area (TPSA) is 75.7 Å². The van der Waals surface area contributed by atoms with Gasteiger partial charge in [-0.25, -0.2) is 0 Å². The van der Waals surface area contributed by atoms with Crippen LogP contribution in [0.3, 0.4) is 0 Å². The highest BCUT2D eigenvalue weighted by molar-refractivity contribution is 5.22. The summed E-state index contributed by atoms with van der Waals surface area (Å²) in [5.74, 6) is 0.665. The summed E-state index contributed by atoms with van der Waals surface area (Å²) in [6.07, 6.45) is 0. The van der Waals surface area contributed by atoms with Crippen LogP contribution in [-0.2, 0) is 24.4 Å². The number of tetrazole rings is 1. The summed E-state index contributed by atoms with van der Waals surface area (Å²) >= 11 is 0. The number of H-pyrrole nitrogens is 1. The van der Waals surface area contributed by atoms with E-state index >= 15 is 0 Å². The van der Waals surface area contributed by atoms with E-state index in [1.165, 1.54) is 11.1 Å². The lowest BCUT2D eigenvalue weighted by Crippen LogP contribution is -2.14. The first-order valence-corrected chi connectivity index (χ1v) is 5.38. The van der Waals surface area contributed by atoms with E-state index in [2.05, 4.69) is 38.1 Å². The van der Waals surface area contributed by atoms with Crippen LogP contribution in [0.4, 0.5) is 0 Å². The number of benzene rings is 1. The Hall–Kier alpha value is -1.79. The Balaban J connectivity index is 1.84. The minimum absolute atomic E-state index is 0.602. The molecule has 2 N–H and O–H groups in total. The van der Waals surface area contributed by atoms with Crippen LogP contribution in [0.5, 0.6) is 0 Å². The van der Waals surface area contributed by atoms with Gasteiger partial charge in [0.25, 0.3) is 0 Å². The van der Waals surface area contributed by atoms with Gasteiger partial charge in [0.2, 0.25) is 0 Å². The molecule has 0 spiro atoms. The van der Waals surface area contributed by atoms with Crippen LogP contribution >= 0.6 is 0 Å². The molecule has 17 heavy (non-hydrogen) atoms. The van der Waals surface area contributed by atoms with Gasteiger partial charge in [-0.05, 0) is 11.1 Å². The lowest BCUT2D eigenvalue weighted by atomic mass is 10.1. The van der Waals surface area contributed by atoms with Gasteiger partial charge in [-0.15, -0.1) is 10.2 Å². The highest BCUT2D eigenvalue weighted by atomic mass is 16.5. The van der Waals surface area contributed by atoms with Gasteiger partial charge in [0.05, 0.1) is 13.2 Å². The van der Waals surface area contributed by atoms with Crippen LogP contribution in [0.25, 0.3) is 0 Å². The lowest BCUT2D eigenvalue weighted by Gasteiger charge is -2.05. The van der Waals surface area contributed by atoms with E-state index in [4.69, 9.17) is 4.74 Å². The lowest BCUT2D eigenvalue weighted by molar-refractivity contribution is 0.185. The predicted molar refractivity (Wildman–Crippen MR) is 61.9 cm³/mol. The van der Waals surface area contributed by atoms with Crippen molar-refractivity contribution in [1.29, 1.82) is 0 Å². The molecule has 90 valence electrons. The molecule has 0 radical (unpaired) electrons. The smallest absolute Gasteiger partial charge is 0.188 e. The van der Waals surface area contributed by atoms with E-state index in [9.17, 15) is 0 Å². The summed E-state index contributed by atoms with van der Waals surface area (Å²) in [7, 11) is 1.70. The van der Waals surface area contributed by atoms with Gasteiger partial charge in [-0.3, -0.25) is 0 Å². The Morgan fingerprint density at radius 1 is 1.29 bits per heavy atom. The summed E-state index contributed by atoms with van der Waals surface area (Å²) in [6, 6.07) is 8.26. The standard InChI is InChI=1S/C11H15N5O/c1-17-8-10-4-2-3-9(5-10)6-12-7-11-13-15-16-14-11/h2-5,12H,6-8H2,1H3,(H,13,14,15,16). The molecule has 2 aromatic rings. The zero-order valence-corrected chi connectivity index (χ0v) is 9.68. The van der Waals surface area contributed by atoms with Gasteiger partial charge in [-0.2, -0.15) is 5.21 Å². The fraction of sp³-hybridized carbons (Fsp3) is 0.364. The average Bonchev–Trinajstić information content (AvgIpc) is 2.83. The summed E-state index contributed by atoms with van der Waals surface area (Å²) in [5, 5.41) is 16.9. The van der Waals surface area contributed by atoms with Crippen molar-refractivity contribution in [2.45, 2.75) is 19.7 Å². The highest BCUT2D eigenvalue weighted by Gasteiger charge is 1.99. The van der Waals surface area contributed by atoms with Gasteiger partial charge >= 0.3 is 0 Å². The molecule has 0 aliphatic heterocycles. The van der Waals surface area contributed by atoms with Crippen LogP contribution in [0.1, 0.15) is 17.0 Å². The minimum Gasteiger partial charge on any atom is -0.380 e.